The summed E-state index contributed by atoms with van der Waals surface area (Å²) in [6, 6.07) is 45.7. The second-order valence-electron chi connectivity index (χ2n) is 12.2. The highest BCUT2D eigenvalue weighted by molar-refractivity contribution is 6.29. The molecule has 0 aliphatic heterocycles. The maximum atomic E-state index is 5.33. The maximum Gasteiger partial charge on any atom is 0.235 e. The molecule has 0 radical (unpaired) electrons. The molecule has 0 N–H and O–H groups in total. The van der Waals surface area contributed by atoms with Crippen LogP contribution in [0, 0.1) is 20.8 Å². The number of fused-ring (bicyclic) bond motifs is 8. The molecule has 0 spiro atoms. The van der Waals surface area contributed by atoms with Gasteiger partial charge in [0.2, 0.25) is 5.95 Å². The zero-order valence-electron chi connectivity index (χ0n) is 25.4. The third-order valence-electron chi connectivity index (χ3n) is 9.06. The Bertz CT molecular complexity index is 2640. The van der Waals surface area contributed by atoms with E-state index in [2.05, 4.69) is 157 Å². The van der Waals surface area contributed by atoms with Crippen LogP contribution >= 0.6 is 0 Å². The largest absolute Gasteiger partial charge is 0.309 e. The lowest BCUT2D eigenvalue weighted by atomic mass is 10.0. The summed E-state index contributed by atoms with van der Waals surface area (Å²) >= 11 is 0. The van der Waals surface area contributed by atoms with Gasteiger partial charge in [0.1, 0.15) is 0 Å². The molecule has 0 saturated heterocycles. The molecule has 0 unspecified atom stereocenters. The Hall–Kier alpha value is -5.74. The average Bonchev–Trinajstić information content (AvgIpc) is 3.56. The molecule has 0 amide bonds. The van der Waals surface area contributed by atoms with Crippen molar-refractivity contribution in [1.29, 1.82) is 0 Å². The summed E-state index contributed by atoms with van der Waals surface area (Å²) in [5.41, 5.74) is 12.4. The summed E-state index contributed by atoms with van der Waals surface area (Å²) in [5.74, 6) is 0.677. The number of aryl methyl sites for hydroxylation is 3. The van der Waals surface area contributed by atoms with E-state index < -0.39 is 0 Å². The van der Waals surface area contributed by atoms with Crippen LogP contribution in [0.15, 0.2) is 127 Å². The minimum absolute atomic E-state index is 0.677. The number of benzene rings is 6. The van der Waals surface area contributed by atoms with Crippen molar-refractivity contribution in [2.45, 2.75) is 20.8 Å². The normalized spacial score (nSPS) is 11.9. The molecule has 0 aliphatic carbocycles. The van der Waals surface area contributed by atoms with Crippen molar-refractivity contribution in [3.8, 4) is 22.9 Å². The third kappa shape index (κ3) is 3.85. The van der Waals surface area contributed by atoms with Gasteiger partial charge in [-0.2, -0.15) is 0 Å². The van der Waals surface area contributed by atoms with E-state index in [9.17, 15) is 0 Å². The van der Waals surface area contributed by atoms with Gasteiger partial charge in [0.25, 0.3) is 0 Å². The van der Waals surface area contributed by atoms with Crippen LogP contribution in [-0.4, -0.2) is 19.1 Å². The van der Waals surface area contributed by atoms with Crippen LogP contribution < -0.4 is 0 Å². The van der Waals surface area contributed by atoms with E-state index in [-0.39, 0.29) is 0 Å². The monoisotopic (exact) mass is 578 g/mol. The Morgan fingerprint density at radius 1 is 0.444 bits per heavy atom. The Labute approximate surface area is 260 Å². The van der Waals surface area contributed by atoms with Crippen molar-refractivity contribution >= 4 is 54.5 Å². The molecule has 0 fully saturated rings. The molecule has 4 heteroatoms. The second-order valence-corrected chi connectivity index (χ2v) is 12.2. The van der Waals surface area contributed by atoms with Gasteiger partial charge in [-0.3, -0.25) is 4.57 Å². The summed E-state index contributed by atoms with van der Waals surface area (Å²) in [5, 5.41) is 5.96. The third-order valence-corrected chi connectivity index (χ3v) is 9.06. The van der Waals surface area contributed by atoms with Gasteiger partial charge in [-0.25, -0.2) is 9.97 Å². The van der Waals surface area contributed by atoms with Crippen LogP contribution in [0.25, 0.3) is 77.4 Å². The molecule has 214 valence electrons. The van der Waals surface area contributed by atoms with Crippen LogP contribution in [0.2, 0.25) is 0 Å². The number of hydrogen-bond donors (Lipinski definition) is 0. The van der Waals surface area contributed by atoms with Crippen molar-refractivity contribution in [3.05, 3.63) is 144 Å². The maximum absolute atomic E-state index is 5.33. The highest BCUT2D eigenvalue weighted by Gasteiger charge is 2.22. The fraction of sp³-hybridized carbons (Fsp3) is 0.0732. The first kappa shape index (κ1) is 25.7. The Morgan fingerprint density at radius 2 is 1.09 bits per heavy atom. The summed E-state index contributed by atoms with van der Waals surface area (Å²) in [6.07, 6.45) is 0. The highest BCUT2D eigenvalue weighted by Crippen LogP contribution is 2.42. The van der Waals surface area contributed by atoms with Crippen molar-refractivity contribution in [2.24, 2.45) is 0 Å². The Morgan fingerprint density at radius 3 is 1.91 bits per heavy atom. The van der Waals surface area contributed by atoms with Crippen LogP contribution in [0.5, 0.6) is 0 Å². The van der Waals surface area contributed by atoms with E-state index >= 15 is 0 Å². The van der Waals surface area contributed by atoms with E-state index in [1.54, 1.807) is 0 Å². The van der Waals surface area contributed by atoms with Gasteiger partial charge < -0.3 is 4.57 Å². The van der Waals surface area contributed by atoms with E-state index in [0.29, 0.717) is 5.95 Å². The summed E-state index contributed by atoms with van der Waals surface area (Å²) < 4.78 is 4.66. The van der Waals surface area contributed by atoms with Crippen LogP contribution in [0.1, 0.15) is 16.7 Å². The molecule has 0 saturated carbocycles. The zero-order chi connectivity index (χ0) is 30.2. The number of rotatable bonds is 3. The minimum atomic E-state index is 0.677. The molecule has 9 rings (SSSR count). The topological polar surface area (TPSA) is 35.6 Å². The van der Waals surface area contributed by atoms with Crippen LogP contribution in [-0.2, 0) is 0 Å². The van der Waals surface area contributed by atoms with Gasteiger partial charge in [0, 0.05) is 38.2 Å². The molecule has 9 aromatic rings. The second kappa shape index (κ2) is 9.63. The lowest BCUT2D eigenvalue weighted by Crippen LogP contribution is -2.03. The number of hydrogen-bond acceptors (Lipinski definition) is 2. The van der Waals surface area contributed by atoms with Crippen molar-refractivity contribution in [3.63, 3.8) is 0 Å². The number of nitrogens with zero attached hydrogens (tertiary/aromatic N) is 4. The van der Waals surface area contributed by atoms with Gasteiger partial charge in [0.05, 0.1) is 33.3 Å². The standard InChI is InChI=1S/C41H30N4/c1-25-10-8-12-28(22-25)40-30-14-4-6-16-33(30)42-41(43-40)45-35-19-18-27(3)24-32(35)39-37(45)21-20-36-38(39)31-15-5-7-17-34(31)44(36)29-13-9-11-26(2)23-29/h4-24H,1-3H3. The molecule has 0 atom stereocenters. The summed E-state index contributed by atoms with van der Waals surface area (Å²) in [6.45, 7) is 6.45. The molecule has 4 nitrogen and oxygen atoms in total. The SMILES string of the molecule is Cc1cccc(-c2nc(-n3c4ccc(C)cc4c4c5c6ccccc6n(-c6cccc(C)c6)c5ccc43)nc3ccccc23)c1. The highest BCUT2D eigenvalue weighted by atomic mass is 15.2. The quantitative estimate of drug-likeness (QED) is 0.209. The molecule has 45 heavy (non-hydrogen) atoms. The van der Waals surface area contributed by atoms with Gasteiger partial charge in [-0.15, -0.1) is 0 Å². The van der Waals surface area contributed by atoms with Crippen molar-refractivity contribution in [1.82, 2.24) is 19.1 Å². The molecule has 0 aliphatic rings. The molecular formula is C41H30N4. The Kier molecular flexibility index (Phi) is 5.51. The predicted octanol–water partition coefficient (Wildman–Crippen LogP) is 10.4. The Balaban J connectivity index is 1.44. The first-order valence-corrected chi connectivity index (χ1v) is 15.4. The molecular weight excluding hydrogens is 548 g/mol. The van der Waals surface area contributed by atoms with Crippen LogP contribution in [0.4, 0.5) is 0 Å². The van der Waals surface area contributed by atoms with E-state index in [1.807, 2.05) is 0 Å². The molecule has 6 aromatic carbocycles. The van der Waals surface area contributed by atoms with Gasteiger partial charge in [-0.05, 0) is 80.9 Å². The summed E-state index contributed by atoms with van der Waals surface area (Å²) in [4.78, 5) is 10.5. The first-order chi connectivity index (χ1) is 22.0. The van der Waals surface area contributed by atoms with E-state index in [4.69, 9.17) is 9.97 Å². The van der Waals surface area contributed by atoms with Crippen LogP contribution in [0.3, 0.4) is 0 Å². The molecule has 0 bridgehead atoms. The van der Waals surface area contributed by atoms with E-state index in [0.717, 1.165) is 33.2 Å². The molecule has 3 aromatic heterocycles. The average molecular weight is 579 g/mol. The fourth-order valence-electron chi connectivity index (χ4n) is 7.12. The lowest BCUT2D eigenvalue weighted by molar-refractivity contribution is 1.01. The van der Waals surface area contributed by atoms with Gasteiger partial charge >= 0.3 is 0 Å². The van der Waals surface area contributed by atoms with Gasteiger partial charge in [-0.1, -0.05) is 83.9 Å². The zero-order valence-corrected chi connectivity index (χ0v) is 25.4. The smallest absolute Gasteiger partial charge is 0.235 e. The minimum Gasteiger partial charge on any atom is -0.309 e. The van der Waals surface area contributed by atoms with Gasteiger partial charge in [0.15, 0.2) is 0 Å². The van der Waals surface area contributed by atoms with Crippen molar-refractivity contribution in [2.75, 3.05) is 0 Å². The van der Waals surface area contributed by atoms with E-state index in [1.165, 1.54) is 55.0 Å². The number of para-hydroxylation sites is 2. The lowest BCUT2D eigenvalue weighted by Gasteiger charge is -2.12. The summed E-state index contributed by atoms with van der Waals surface area (Å²) in [7, 11) is 0. The predicted molar refractivity (Wildman–Crippen MR) is 188 cm³/mol. The fourth-order valence-corrected chi connectivity index (χ4v) is 7.12. The molecule has 3 heterocycles. The number of aromatic nitrogens is 4. The van der Waals surface area contributed by atoms with Crippen molar-refractivity contribution < 1.29 is 0 Å². The first-order valence-electron chi connectivity index (χ1n) is 15.4.